The Bertz CT molecular complexity index is 1280. The minimum atomic E-state index is -0.528. The van der Waals surface area contributed by atoms with E-state index in [2.05, 4.69) is 35.9 Å². The van der Waals surface area contributed by atoms with E-state index < -0.39 is 5.91 Å². The van der Waals surface area contributed by atoms with Crippen LogP contribution in [0.25, 0.3) is 6.08 Å². The van der Waals surface area contributed by atoms with Crippen molar-refractivity contribution in [3.63, 3.8) is 0 Å². The third-order valence-corrected chi connectivity index (χ3v) is 5.91. The first-order valence-electron chi connectivity index (χ1n) is 11.8. The zero-order valence-electron chi connectivity index (χ0n) is 21.2. The fourth-order valence-corrected chi connectivity index (χ4v) is 4.26. The van der Waals surface area contributed by atoms with Crippen molar-refractivity contribution in [2.45, 2.75) is 26.7 Å². The van der Waals surface area contributed by atoms with Crippen molar-refractivity contribution >= 4 is 28.5 Å². The van der Waals surface area contributed by atoms with Gasteiger partial charge in [-0.1, -0.05) is 49.5 Å². The SMILES string of the molecule is C=CCc1ccc(OCCOc2ccc(/C=C(/C#N)C(=O)Nc3nnc(CC(C)C)s3)cc2)c(OC)c1. The van der Waals surface area contributed by atoms with Gasteiger partial charge in [0, 0.05) is 6.42 Å². The Hall–Kier alpha value is -4.16. The minimum Gasteiger partial charge on any atom is -0.493 e. The summed E-state index contributed by atoms with van der Waals surface area (Å²) in [4.78, 5) is 12.5. The molecule has 9 heteroatoms. The molecule has 0 spiro atoms. The van der Waals surface area contributed by atoms with Gasteiger partial charge in [0.1, 0.15) is 35.6 Å². The Morgan fingerprint density at radius 3 is 2.57 bits per heavy atom. The molecule has 0 saturated carbocycles. The highest BCUT2D eigenvalue weighted by Crippen LogP contribution is 2.28. The van der Waals surface area contributed by atoms with E-state index in [9.17, 15) is 10.1 Å². The lowest BCUT2D eigenvalue weighted by Crippen LogP contribution is -2.13. The topological polar surface area (TPSA) is 106 Å². The van der Waals surface area contributed by atoms with Crippen LogP contribution in [0, 0.1) is 17.2 Å². The molecule has 8 nitrogen and oxygen atoms in total. The Kier molecular flexibility index (Phi) is 10.2. The Morgan fingerprint density at radius 1 is 1.14 bits per heavy atom. The van der Waals surface area contributed by atoms with Crippen molar-refractivity contribution in [3.8, 4) is 23.3 Å². The minimum absolute atomic E-state index is 0.0317. The van der Waals surface area contributed by atoms with Crippen LogP contribution in [-0.4, -0.2) is 36.4 Å². The fraction of sp³-hybridized carbons (Fsp3) is 0.286. The number of nitrogens with zero attached hydrogens (tertiary/aromatic N) is 3. The number of nitriles is 1. The van der Waals surface area contributed by atoms with Gasteiger partial charge in [-0.3, -0.25) is 10.1 Å². The summed E-state index contributed by atoms with van der Waals surface area (Å²) in [5.74, 6) is 1.86. The molecule has 2 aromatic carbocycles. The van der Waals surface area contributed by atoms with Crippen molar-refractivity contribution in [3.05, 3.63) is 76.8 Å². The number of nitrogens with one attached hydrogen (secondary N) is 1. The molecule has 192 valence electrons. The Morgan fingerprint density at radius 2 is 1.89 bits per heavy atom. The largest absolute Gasteiger partial charge is 0.493 e. The van der Waals surface area contributed by atoms with Gasteiger partial charge in [0.25, 0.3) is 5.91 Å². The molecule has 0 bridgehead atoms. The molecule has 1 N–H and O–H groups in total. The molecule has 37 heavy (non-hydrogen) atoms. The molecule has 0 radical (unpaired) electrons. The summed E-state index contributed by atoms with van der Waals surface area (Å²) in [6.07, 6.45) is 4.89. The first-order valence-corrected chi connectivity index (χ1v) is 12.6. The van der Waals surface area contributed by atoms with Crippen molar-refractivity contribution in [2.24, 2.45) is 5.92 Å². The van der Waals surface area contributed by atoms with Gasteiger partial charge in [-0.25, -0.2) is 0 Å². The van der Waals surface area contributed by atoms with Gasteiger partial charge in [0.05, 0.1) is 7.11 Å². The van der Waals surface area contributed by atoms with Crippen LogP contribution in [0.1, 0.15) is 30.0 Å². The van der Waals surface area contributed by atoms with Gasteiger partial charge in [-0.15, -0.1) is 16.8 Å². The van der Waals surface area contributed by atoms with E-state index in [4.69, 9.17) is 14.2 Å². The molecular weight excluding hydrogens is 488 g/mol. The van der Waals surface area contributed by atoms with E-state index in [1.54, 1.807) is 31.4 Å². The number of anilines is 1. The Labute approximate surface area is 221 Å². The van der Waals surface area contributed by atoms with E-state index >= 15 is 0 Å². The molecule has 0 saturated heterocycles. The molecule has 0 unspecified atom stereocenters. The van der Waals surface area contributed by atoms with Crippen LogP contribution in [0.2, 0.25) is 0 Å². The lowest BCUT2D eigenvalue weighted by atomic mass is 10.1. The van der Waals surface area contributed by atoms with E-state index in [1.807, 2.05) is 30.3 Å². The zero-order chi connectivity index (χ0) is 26.6. The third-order valence-electron chi connectivity index (χ3n) is 5.04. The van der Waals surface area contributed by atoms with Crippen LogP contribution in [-0.2, 0) is 17.6 Å². The summed E-state index contributed by atoms with van der Waals surface area (Å²) >= 11 is 1.31. The van der Waals surface area contributed by atoms with Gasteiger partial charge in [0.15, 0.2) is 11.5 Å². The van der Waals surface area contributed by atoms with E-state index in [-0.39, 0.29) is 5.57 Å². The molecule has 1 amide bonds. The average Bonchev–Trinajstić information content (AvgIpc) is 3.32. The number of allylic oxidation sites excluding steroid dienone is 1. The number of aromatic nitrogens is 2. The predicted octanol–water partition coefficient (Wildman–Crippen LogP) is 5.48. The molecular formula is C28H30N4O4S. The molecule has 3 rings (SSSR count). The van der Waals surface area contributed by atoms with Gasteiger partial charge in [-0.05, 0) is 53.8 Å². The van der Waals surface area contributed by atoms with E-state index in [0.29, 0.717) is 47.1 Å². The number of amides is 1. The summed E-state index contributed by atoms with van der Waals surface area (Å²) in [6, 6.07) is 14.8. The van der Waals surface area contributed by atoms with Gasteiger partial charge >= 0.3 is 0 Å². The van der Waals surface area contributed by atoms with Gasteiger partial charge in [0.2, 0.25) is 5.13 Å². The number of hydrogen-bond donors (Lipinski definition) is 1. The highest BCUT2D eigenvalue weighted by Gasteiger charge is 2.13. The van der Waals surface area contributed by atoms with Crippen LogP contribution >= 0.6 is 11.3 Å². The first kappa shape index (κ1) is 27.4. The average molecular weight is 519 g/mol. The number of carbonyl (C=O) groups is 1. The maximum absolute atomic E-state index is 12.5. The Balaban J connectivity index is 1.51. The molecule has 0 aliphatic heterocycles. The number of methoxy groups -OCH3 is 1. The highest BCUT2D eigenvalue weighted by molar-refractivity contribution is 7.15. The second-order valence-electron chi connectivity index (χ2n) is 8.47. The zero-order valence-corrected chi connectivity index (χ0v) is 22.0. The predicted molar refractivity (Wildman–Crippen MR) is 145 cm³/mol. The van der Waals surface area contributed by atoms with Crippen LogP contribution in [0.3, 0.4) is 0 Å². The van der Waals surface area contributed by atoms with Crippen LogP contribution in [0.5, 0.6) is 17.2 Å². The molecule has 1 aromatic heterocycles. The molecule has 1 heterocycles. The summed E-state index contributed by atoms with van der Waals surface area (Å²) in [5.41, 5.74) is 1.76. The summed E-state index contributed by atoms with van der Waals surface area (Å²) in [7, 11) is 1.60. The molecule has 0 fully saturated rings. The molecule has 3 aromatic rings. The summed E-state index contributed by atoms with van der Waals surface area (Å²) in [5, 5.41) is 21.4. The third kappa shape index (κ3) is 8.47. The van der Waals surface area contributed by atoms with Crippen LogP contribution in [0.4, 0.5) is 5.13 Å². The number of rotatable bonds is 13. The smallest absolute Gasteiger partial charge is 0.268 e. The lowest BCUT2D eigenvalue weighted by molar-refractivity contribution is -0.112. The molecule has 0 aliphatic carbocycles. The van der Waals surface area contributed by atoms with Crippen LogP contribution in [0.15, 0.2) is 60.7 Å². The quantitative estimate of drug-likeness (QED) is 0.138. The van der Waals surface area contributed by atoms with Crippen molar-refractivity contribution in [1.82, 2.24) is 10.2 Å². The second kappa shape index (κ2) is 13.8. The van der Waals surface area contributed by atoms with E-state index in [0.717, 1.165) is 23.4 Å². The fourth-order valence-electron chi connectivity index (χ4n) is 3.31. The van der Waals surface area contributed by atoms with Crippen molar-refractivity contribution in [2.75, 3.05) is 25.6 Å². The van der Waals surface area contributed by atoms with Crippen LogP contribution < -0.4 is 19.5 Å². The second-order valence-corrected chi connectivity index (χ2v) is 9.53. The highest BCUT2D eigenvalue weighted by atomic mass is 32.1. The normalized spacial score (nSPS) is 11.1. The maximum atomic E-state index is 12.5. The van der Waals surface area contributed by atoms with Crippen molar-refractivity contribution < 1.29 is 19.0 Å². The number of benzene rings is 2. The molecule has 0 aliphatic rings. The first-order chi connectivity index (χ1) is 17.9. The maximum Gasteiger partial charge on any atom is 0.268 e. The number of carbonyl (C=O) groups excluding carboxylic acids is 1. The van der Waals surface area contributed by atoms with E-state index in [1.165, 1.54) is 17.4 Å². The molecule has 0 atom stereocenters. The summed E-state index contributed by atoms with van der Waals surface area (Å²) < 4.78 is 16.9. The standard InChI is InChI=1S/C28H30N4O4S/c1-5-6-20-9-12-24(25(17-20)34-4)36-14-13-35-23-10-7-21(8-11-23)16-22(18-29)27(33)30-28-32-31-26(37-28)15-19(2)3/h5,7-12,16-17,19H,1,6,13-15H2,2-4H3,(H,30,32,33)/b22-16-. The monoisotopic (exact) mass is 518 g/mol. The van der Waals surface area contributed by atoms with Gasteiger partial charge in [-0.2, -0.15) is 5.26 Å². The summed E-state index contributed by atoms with van der Waals surface area (Å²) in [6.45, 7) is 8.59. The number of hydrogen-bond acceptors (Lipinski definition) is 8. The van der Waals surface area contributed by atoms with Crippen molar-refractivity contribution in [1.29, 1.82) is 5.26 Å². The van der Waals surface area contributed by atoms with Gasteiger partial charge < -0.3 is 14.2 Å². The lowest BCUT2D eigenvalue weighted by Gasteiger charge is -2.12. The number of ether oxygens (including phenoxy) is 3.